The standard InChI is InChI=1S/C11H13N5OS/c1-6-8(7(2)17-16-6)3-14-10-5-13-9(4-15-10)11(12)18/h4-5H,3H2,1-2H3,(H2,12,18)(H,14,15). The summed E-state index contributed by atoms with van der Waals surface area (Å²) in [6.45, 7) is 4.36. The molecule has 0 radical (unpaired) electrons. The van der Waals surface area contributed by atoms with Gasteiger partial charge in [-0.15, -0.1) is 0 Å². The van der Waals surface area contributed by atoms with Crippen molar-refractivity contribution in [3.63, 3.8) is 0 Å². The van der Waals surface area contributed by atoms with Crippen molar-refractivity contribution in [3.05, 3.63) is 35.1 Å². The predicted octanol–water partition coefficient (Wildman–Crippen LogP) is 1.33. The van der Waals surface area contributed by atoms with Crippen LogP contribution in [0.2, 0.25) is 0 Å². The first-order chi connectivity index (χ1) is 8.58. The Morgan fingerprint density at radius 2 is 2.17 bits per heavy atom. The van der Waals surface area contributed by atoms with Crippen LogP contribution < -0.4 is 11.1 Å². The average Bonchev–Trinajstić information content (AvgIpc) is 2.67. The third-order valence-corrected chi connectivity index (χ3v) is 2.74. The van der Waals surface area contributed by atoms with Gasteiger partial charge in [0.25, 0.3) is 0 Å². The van der Waals surface area contributed by atoms with Crippen molar-refractivity contribution in [2.75, 3.05) is 5.32 Å². The van der Waals surface area contributed by atoms with Crippen LogP contribution in [0.3, 0.4) is 0 Å². The Labute approximate surface area is 110 Å². The molecule has 0 atom stereocenters. The summed E-state index contributed by atoms with van der Waals surface area (Å²) in [6, 6.07) is 0. The van der Waals surface area contributed by atoms with Crippen molar-refractivity contribution in [2.24, 2.45) is 5.73 Å². The number of nitrogens with zero attached hydrogens (tertiary/aromatic N) is 3. The number of aromatic nitrogens is 3. The monoisotopic (exact) mass is 263 g/mol. The zero-order valence-electron chi connectivity index (χ0n) is 10.1. The van der Waals surface area contributed by atoms with Crippen LogP contribution in [0.15, 0.2) is 16.9 Å². The van der Waals surface area contributed by atoms with Gasteiger partial charge < -0.3 is 15.6 Å². The number of thiocarbonyl (C=S) groups is 1. The van der Waals surface area contributed by atoms with Crippen molar-refractivity contribution in [2.45, 2.75) is 20.4 Å². The zero-order valence-corrected chi connectivity index (χ0v) is 10.9. The summed E-state index contributed by atoms with van der Waals surface area (Å²) in [5.74, 6) is 1.45. The lowest BCUT2D eigenvalue weighted by atomic mass is 10.2. The Balaban J connectivity index is 2.04. The maximum absolute atomic E-state index is 5.44. The van der Waals surface area contributed by atoms with E-state index < -0.39 is 0 Å². The molecule has 18 heavy (non-hydrogen) atoms. The van der Waals surface area contributed by atoms with Gasteiger partial charge in [0.1, 0.15) is 22.3 Å². The highest BCUT2D eigenvalue weighted by Gasteiger charge is 2.08. The van der Waals surface area contributed by atoms with Gasteiger partial charge in [0.2, 0.25) is 0 Å². The van der Waals surface area contributed by atoms with E-state index >= 15 is 0 Å². The number of rotatable bonds is 4. The second kappa shape index (κ2) is 5.09. The Bertz CT molecular complexity index is 544. The maximum atomic E-state index is 5.44. The Hall–Kier alpha value is -2.02. The van der Waals surface area contributed by atoms with E-state index in [1.807, 2.05) is 13.8 Å². The number of anilines is 1. The smallest absolute Gasteiger partial charge is 0.144 e. The molecule has 3 N–H and O–H groups in total. The average molecular weight is 263 g/mol. The Kier molecular flexibility index (Phi) is 3.52. The molecule has 7 heteroatoms. The summed E-state index contributed by atoms with van der Waals surface area (Å²) in [4.78, 5) is 8.50. The van der Waals surface area contributed by atoms with Crippen LogP contribution in [0.1, 0.15) is 22.7 Å². The van der Waals surface area contributed by atoms with Gasteiger partial charge >= 0.3 is 0 Å². The van der Waals surface area contributed by atoms with E-state index in [-0.39, 0.29) is 4.99 Å². The molecule has 0 aliphatic rings. The molecule has 2 aromatic rings. The molecule has 0 fully saturated rings. The number of hydrogen-bond acceptors (Lipinski definition) is 6. The third-order valence-electron chi connectivity index (χ3n) is 2.53. The van der Waals surface area contributed by atoms with Crippen molar-refractivity contribution in [1.29, 1.82) is 0 Å². The minimum absolute atomic E-state index is 0.236. The van der Waals surface area contributed by atoms with E-state index in [1.54, 1.807) is 6.20 Å². The molecule has 2 heterocycles. The Morgan fingerprint density at radius 1 is 1.39 bits per heavy atom. The lowest BCUT2D eigenvalue weighted by Crippen LogP contribution is -2.12. The maximum Gasteiger partial charge on any atom is 0.144 e. The highest BCUT2D eigenvalue weighted by molar-refractivity contribution is 7.80. The van der Waals surface area contributed by atoms with Gasteiger partial charge in [-0.2, -0.15) is 0 Å². The molecule has 0 aromatic carbocycles. The topological polar surface area (TPSA) is 89.9 Å². The largest absolute Gasteiger partial charge is 0.388 e. The lowest BCUT2D eigenvalue weighted by Gasteiger charge is -2.05. The first-order valence-electron chi connectivity index (χ1n) is 5.35. The minimum atomic E-state index is 0.236. The van der Waals surface area contributed by atoms with Gasteiger partial charge in [0.15, 0.2) is 0 Å². The number of aryl methyl sites for hydroxylation is 2. The third kappa shape index (κ3) is 2.62. The van der Waals surface area contributed by atoms with Gasteiger partial charge in [0, 0.05) is 12.1 Å². The van der Waals surface area contributed by atoms with Crippen LogP contribution in [-0.4, -0.2) is 20.1 Å². The summed E-state index contributed by atoms with van der Waals surface area (Å²) in [5.41, 5.74) is 7.84. The molecular formula is C11H13N5OS. The van der Waals surface area contributed by atoms with Crippen LogP contribution >= 0.6 is 12.2 Å². The van der Waals surface area contributed by atoms with Gasteiger partial charge in [-0.05, 0) is 13.8 Å². The fourth-order valence-corrected chi connectivity index (χ4v) is 1.59. The fourth-order valence-electron chi connectivity index (χ4n) is 1.48. The van der Waals surface area contributed by atoms with E-state index in [1.165, 1.54) is 6.20 Å². The van der Waals surface area contributed by atoms with Crippen LogP contribution in [0.4, 0.5) is 5.82 Å². The highest BCUT2D eigenvalue weighted by atomic mass is 32.1. The summed E-state index contributed by atoms with van der Waals surface area (Å²) in [5, 5.41) is 7.02. The van der Waals surface area contributed by atoms with Crippen molar-refractivity contribution in [3.8, 4) is 0 Å². The van der Waals surface area contributed by atoms with Crippen molar-refractivity contribution < 1.29 is 4.52 Å². The zero-order chi connectivity index (χ0) is 13.1. The van der Waals surface area contributed by atoms with E-state index in [0.29, 0.717) is 18.1 Å². The van der Waals surface area contributed by atoms with E-state index in [9.17, 15) is 0 Å². The van der Waals surface area contributed by atoms with Gasteiger partial charge in [-0.3, -0.25) is 0 Å². The summed E-state index contributed by atoms with van der Waals surface area (Å²) >= 11 is 4.80. The first kappa shape index (κ1) is 12.4. The molecule has 0 spiro atoms. The molecule has 6 nitrogen and oxygen atoms in total. The van der Waals surface area contributed by atoms with E-state index in [0.717, 1.165) is 17.0 Å². The van der Waals surface area contributed by atoms with Gasteiger partial charge in [-0.1, -0.05) is 17.4 Å². The number of nitrogens with one attached hydrogen (secondary N) is 1. The second-order valence-corrected chi connectivity index (χ2v) is 4.25. The van der Waals surface area contributed by atoms with Gasteiger partial charge in [-0.25, -0.2) is 9.97 Å². The summed E-state index contributed by atoms with van der Waals surface area (Å²) < 4.78 is 5.07. The van der Waals surface area contributed by atoms with Crippen molar-refractivity contribution >= 4 is 23.0 Å². The van der Waals surface area contributed by atoms with Crippen LogP contribution in [0.25, 0.3) is 0 Å². The summed E-state index contributed by atoms with van der Waals surface area (Å²) in [6.07, 6.45) is 3.13. The molecule has 2 rings (SSSR count). The van der Waals surface area contributed by atoms with Crippen LogP contribution in [0, 0.1) is 13.8 Å². The highest BCUT2D eigenvalue weighted by Crippen LogP contribution is 2.13. The number of hydrogen-bond donors (Lipinski definition) is 2. The minimum Gasteiger partial charge on any atom is -0.388 e. The molecule has 2 aromatic heterocycles. The second-order valence-electron chi connectivity index (χ2n) is 3.81. The molecule has 94 valence electrons. The molecule has 0 unspecified atom stereocenters. The molecule has 0 aliphatic heterocycles. The van der Waals surface area contributed by atoms with Crippen molar-refractivity contribution in [1.82, 2.24) is 15.1 Å². The van der Waals surface area contributed by atoms with E-state index in [2.05, 4.69) is 20.4 Å². The molecule has 0 aliphatic carbocycles. The van der Waals surface area contributed by atoms with E-state index in [4.69, 9.17) is 22.5 Å². The molecule has 0 bridgehead atoms. The molecule has 0 saturated heterocycles. The number of nitrogens with two attached hydrogens (primary N) is 1. The van der Waals surface area contributed by atoms with Gasteiger partial charge in [0.05, 0.1) is 18.1 Å². The fraction of sp³-hybridized carbons (Fsp3) is 0.273. The molecule has 0 saturated carbocycles. The SMILES string of the molecule is Cc1noc(C)c1CNc1cnc(C(N)=S)cn1. The van der Waals surface area contributed by atoms with Crippen LogP contribution in [0.5, 0.6) is 0 Å². The quantitative estimate of drug-likeness (QED) is 0.804. The van der Waals surface area contributed by atoms with Crippen LogP contribution in [-0.2, 0) is 6.54 Å². The lowest BCUT2D eigenvalue weighted by molar-refractivity contribution is 0.392. The predicted molar refractivity (Wildman–Crippen MR) is 71.2 cm³/mol. The molecule has 0 amide bonds. The molecular weight excluding hydrogens is 250 g/mol. The summed E-state index contributed by atoms with van der Waals surface area (Å²) in [7, 11) is 0. The normalized spacial score (nSPS) is 10.3. The first-order valence-corrected chi connectivity index (χ1v) is 5.76. The Morgan fingerprint density at radius 3 is 2.67 bits per heavy atom.